The van der Waals surface area contributed by atoms with Crippen molar-refractivity contribution in [3.63, 3.8) is 0 Å². The van der Waals surface area contributed by atoms with Crippen LogP contribution in [0.3, 0.4) is 0 Å². The van der Waals surface area contributed by atoms with Gasteiger partial charge in [-0.3, -0.25) is 14.5 Å². The molecule has 1 aliphatic rings. The van der Waals surface area contributed by atoms with Gasteiger partial charge in [-0.1, -0.05) is 48.5 Å². The third kappa shape index (κ3) is 3.57. The van der Waals surface area contributed by atoms with E-state index in [1.165, 1.54) is 12.0 Å². The molecule has 6 heteroatoms. The van der Waals surface area contributed by atoms with E-state index in [4.69, 9.17) is 4.74 Å². The summed E-state index contributed by atoms with van der Waals surface area (Å²) in [5.74, 6) is -0.223. The lowest BCUT2D eigenvalue weighted by molar-refractivity contribution is -0.138. The molecule has 0 saturated carbocycles. The predicted octanol–water partition coefficient (Wildman–Crippen LogP) is 1.90. The molecule has 6 nitrogen and oxygen atoms in total. The summed E-state index contributed by atoms with van der Waals surface area (Å²) in [6, 6.07) is 16.5. The molecule has 140 valence electrons. The van der Waals surface area contributed by atoms with Gasteiger partial charge in [-0.25, -0.2) is 0 Å². The molecular weight excluding hydrogens is 344 g/mol. The highest BCUT2D eigenvalue weighted by Crippen LogP contribution is 2.36. The molecule has 27 heavy (non-hydrogen) atoms. The molecule has 0 bridgehead atoms. The maximum atomic E-state index is 13.2. The quantitative estimate of drug-likeness (QED) is 0.758. The van der Waals surface area contributed by atoms with Gasteiger partial charge in [0.2, 0.25) is 0 Å². The van der Waals surface area contributed by atoms with Crippen LogP contribution in [0.5, 0.6) is 5.75 Å². The van der Waals surface area contributed by atoms with Gasteiger partial charge in [0.15, 0.2) is 0 Å². The van der Waals surface area contributed by atoms with Gasteiger partial charge in [-0.2, -0.15) is 0 Å². The molecule has 1 aliphatic heterocycles. The largest absolute Gasteiger partial charge is 0.496 e. The first-order valence-electron chi connectivity index (χ1n) is 8.68. The summed E-state index contributed by atoms with van der Waals surface area (Å²) >= 11 is 0. The zero-order valence-electron chi connectivity index (χ0n) is 15.4. The minimum atomic E-state index is -0.374. The number of likely N-dealkylation sites (N-methyl/N-ethyl adjacent to an activating group) is 1. The summed E-state index contributed by atoms with van der Waals surface area (Å²) in [7, 11) is 3.22. The Morgan fingerprint density at radius 3 is 2.33 bits per heavy atom. The van der Waals surface area contributed by atoms with E-state index in [9.17, 15) is 14.7 Å². The first-order valence-corrected chi connectivity index (χ1v) is 8.68. The van der Waals surface area contributed by atoms with Crippen molar-refractivity contribution in [2.75, 3.05) is 27.3 Å². The van der Waals surface area contributed by atoms with E-state index in [1.807, 2.05) is 36.4 Å². The number of hydrogen-bond donors (Lipinski definition) is 1. The fraction of sp³-hybridized carbons (Fsp3) is 0.238. The van der Waals surface area contributed by atoms with E-state index in [-0.39, 0.29) is 37.2 Å². The lowest BCUT2D eigenvalue weighted by Crippen LogP contribution is -2.34. The van der Waals surface area contributed by atoms with E-state index >= 15 is 0 Å². The van der Waals surface area contributed by atoms with E-state index < -0.39 is 0 Å². The lowest BCUT2D eigenvalue weighted by atomic mass is 10.0. The standard InChI is InChI=1S/C21H22N2O4/c1-22(12-13-24)19-18(16-10-6-7-11-17(16)27-2)20(25)23(21(19)26)14-15-8-4-3-5-9-15/h3-11,24H,12-14H2,1-2H3. The number of rotatable bonds is 7. The normalized spacial score (nSPS) is 14.1. The second-order valence-electron chi connectivity index (χ2n) is 6.25. The molecule has 0 saturated heterocycles. The Balaban J connectivity index is 2.07. The Hall–Kier alpha value is -3.12. The van der Waals surface area contributed by atoms with Gasteiger partial charge in [0.25, 0.3) is 11.8 Å². The fourth-order valence-corrected chi connectivity index (χ4v) is 3.18. The topological polar surface area (TPSA) is 70.1 Å². The van der Waals surface area contributed by atoms with Gasteiger partial charge in [0, 0.05) is 19.2 Å². The predicted molar refractivity (Wildman–Crippen MR) is 102 cm³/mol. The molecule has 1 N–H and O–H groups in total. The second-order valence-corrected chi connectivity index (χ2v) is 6.25. The fourth-order valence-electron chi connectivity index (χ4n) is 3.18. The molecule has 2 amide bonds. The zero-order valence-corrected chi connectivity index (χ0v) is 15.4. The maximum Gasteiger partial charge on any atom is 0.278 e. The van der Waals surface area contributed by atoms with Gasteiger partial charge >= 0.3 is 0 Å². The summed E-state index contributed by atoms with van der Waals surface area (Å²) in [6.45, 7) is 0.305. The average molecular weight is 366 g/mol. The van der Waals surface area contributed by atoms with Gasteiger partial charge in [0.1, 0.15) is 11.4 Å². The Labute approximate surface area is 158 Å². The summed E-state index contributed by atoms with van der Waals surface area (Å²) in [5, 5.41) is 9.31. The van der Waals surface area contributed by atoms with Gasteiger partial charge < -0.3 is 14.7 Å². The summed E-state index contributed by atoms with van der Waals surface area (Å²) < 4.78 is 5.40. The number of ether oxygens (including phenoxy) is 1. The van der Waals surface area contributed by atoms with Crippen LogP contribution >= 0.6 is 0 Å². The molecule has 0 atom stereocenters. The van der Waals surface area contributed by atoms with Crippen LogP contribution in [0.4, 0.5) is 0 Å². The summed E-state index contributed by atoms with van der Waals surface area (Å²) in [6.07, 6.45) is 0. The minimum absolute atomic E-state index is 0.126. The molecule has 0 unspecified atom stereocenters. The van der Waals surface area contributed by atoms with E-state index in [2.05, 4.69) is 0 Å². The summed E-state index contributed by atoms with van der Waals surface area (Å²) in [4.78, 5) is 29.2. The highest BCUT2D eigenvalue weighted by Gasteiger charge is 2.41. The van der Waals surface area contributed by atoms with E-state index in [1.54, 1.807) is 30.1 Å². The van der Waals surface area contributed by atoms with Gasteiger partial charge in [0.05, 0.1) is 25.8 Å². The van der Waals surface area contributed by atoms with Crippen LogP contribution in [-0.4, -0.2) is 54.0 Å². The van der Waals surface area contributed by atoms with Crippen molar-refractivity contribution >= 4 is 17.4 Å². The molecule has 0 radical (unpaired) electrons. The molecule has 0 aromatic heterocycles. The molecule has 2 aromatic rings. The molecule has 2 aromatic carbocycles. The van der Waals surface area contributed by atoms with Crippen LogP contribution in [0, 0.1) is 0 Å². The Morgan fingerprint density at radius 2 is 1.67 bits per heavy atom. The lowest BCUT2D eigenvalue weighted by Gasteiger charge is -2.20. The molecule has 0 aliphatic carbocycles. The Bertz CT molecular complexity index is 877. The van der Waals surface area contributed by atoms with Crippen LogP contribution in [0.1, 0.15) is 11.1 Å². The SMILES string of the molecule is COc1ccccc1C1=C(N(C)CCO)C(=O)N(Cc2ccccc2)C1=O. The van der Waals surface area contributed by atoms with Crippen molar-refractivity contribution in [3.8, 4) is 5.75 Å². The zero-order chi connectivity index (χ0) is 19.4. The van der Waals surface area contributed by atoms with E-state index in [0.29, 0.717) is 16.9 Å². The van der Waals surface area contributed by atoms with Crippen LogP contribution < -0.4 is 4.74 Å². The van der Waals surface area contributed by atoms with Crippen LogP contribution in [0.25, 0.3) is 5.57 Å². The number of aliphatic hydroxyl groups is 1. The molecule has 0 fully saturated rings. The highest BCUT2D eigenvalue weighted by molar-refractivity contribution is 6.35. The molecule has 0 spiro atoms. The molecule has 3 rings (SSSR count). The number of carbonyl (C=O) groups excluding carboxylic acids is 2. The average Bonchev–Trinajstić information content (AvgIpc) is 2.93. The third-order valence-corrected chi connectivity index (χ3v) is 4.52. The number of carbonyl (C=O) groups is 2. The van der Waals surface area contributed by atoms with Crippen LogP contribution in [0.2, 0.25) is 0 Å². The van der Waals surface area contributed by atoms with Gasteiger partial charge in [-0.15, -0.1) is 0 Å². The summed E-state index contributed by atoms with van der Waals surface area (Å²) in [5.41, 5.74) is 2.00. The highest BCUT2D eigenvalue weighted by atomic mass is 16.5. The minimum Gasteiger partial charge on any atom is -0.496 e. The number of nitrogens with zero attached hydrogens (tertiary/aromatic N) is 2. The van der Waals surface area contributed by atoms with Crippen molar-refractivity contribution in [1.29, 1.82) is 0 Å². The monoisotopic (exact) mass is 366 g/mol. The van der Waals surface area contributed by atoms with Crippen molar-refractivity contribution < 1.29 is 19.4 Å². The molecular formula is C21H22N2O4. The Kier molecular flexibility index (Phi) is 5.57. The van der Waals surface area contributed by atoms with Crippen LogP contribution in [0.15, 0.2) is 60.3 Å². The number of methoxy groups -OCH3 is 1. The van der Waals surface area contributed by atoms with Crippen molar-refractivity contribution in [2.24, 2.45) is 0 Å². The maximum absolute atomic E-state index is 13.2. The second kappa shape index (κ2) is 8.05. The smallest absolute Gasteiger partial charge is 0.278 e. The first-order chi connectivity index (χ1) is 13.1. The van der Waals surface area contributed by atoms with Gasteiger partial charge in [-0.05, 0) is 11.6 Å². The number of benzene rings is 2. The number of hydrogen-bond acceptors (Lipinski definition) is 5. The first kappa shape index (κ1) is 18.7. The number of imide groups is 1. The van der Waals surface area contributed by atoms with Crippen LogP contribution in [-0.2, 0) is 16.1 Å². The number of amides is 2. The van der Waals surface area contributed by atoms with Crippen molar-refractivity contribution in [3.05, 3.63) is 71.4 Å². The Morgan fingerprint density at radius 1 is 1.00 bits per heavy atom. The van der Waals surface area contributed by atoms with Crippen molar-refractivity contribution in [2.45, 2.75) is 6.54 Å². The molecule has 1 heterocycles. The van der Waals surface area contributed by atoms with E-state index in [0.717, 1.165) is 5.56 Å². The third-order valence-electron chi connectivity index (χ3n) is 4.52. The number of para-hydroxylation sites is 1. The van der Waals surface area contributed by atoms with Crippen molar-refractivity contribution in [1.82, 2.24) is 9.80 Å². The number of aliphatic hydroxyl groups excluding tert-OH is 1.